The molecule has 0 bridgehead atoms. The first kappa shape index (κ1) is 17.4. The molecule has 0 saturated heterocycles. The van der Waals surface area contributed by atoms with Crippen molar-refractivity contribution in [3.63, 3.8) is 0 Å². The minimum absolute atomic E-state index is 0.264. The number of aromatic amines is 1. The van der Waals surface area contributed by atoms with Gasteiger partial charge in [-0.15, -0.1) is 0 Å². The van der Waals surface area contributed by atoms with E-state index in [-0.39, 0.29) is 5.82 Å². The normalized spacial score (nSPS) is 10.8. The van der Waals surface area contributed by atoms with Crippen LogP contribution in [0, 0.1) is 6.92 Å². The average molecular weight is 377 g/mol. The fourth-order valence-electron chi connectivity index (χ4n) is 2.59. The summed E-state index contributed by atoms with van der Waals surface area (Å²) in [5.74, 6) is 0.344. The zero-order chi connectivity index (χ0) is 19.5. The number of benzene rings is 1. The van der Waals surface area contributed by atoms with E-state index >= 15 is 0 Å². The molecule has 0 aliphatic heterocycles. The number of fused-ring (bicyclic) bond motifs is 1. The van der Waals surface area contributed by atoms with E-state index in [4.69, 9.17) is 9.26 Å². The molecule has 0 aliphatic carbocycles. The van der Waals surface area contributed by atoms with Crippen LogP contribution in [-0.4, -0.2) is 38.6 Å². The highest BCUT2D eigenvalue weighted by Gasteiger charge is 2.14. The van der Waals surface area contributed by atoms with Crippen LogP contribution < -0.4 is 5.32 Å². The Hall–Kier alpha value is -4.01. The Morgan fingerprint density at radius 3 is 2.89 bits per heavy atom. The maximum atomic E-state index is 12.2. The van der Waals surface area contributed by atoms with Crippen LogP contribution in [0.5, 0.6) is 0 Å². The number of rotatable bonds is 5. The Bertz CT molecular complexity index is 1150. The van der Waals surface area contributed by atoms with E-state index in [1.165, 1.54) is 0 Å². The summed E-state index contributed by atoms with van der Waals surface area (Å²) in [7, 11) is 0. The molecule has 0 saturated carbocycles. The third-order valence-corrected chi connectivity index (χ3v) is 3.88. The minimum atomic E-state index is -0.620. The van der Waals surface area contributed by atoms with E-state index in [9.17, 15) is 9.59 Å². The van der Waals surface area contributed by atoms with Crippen LogP contribution in [0.25, 0.3) is 22.4 Å². The third kappa shape index (κ3) is 3.73. The molecule has 0 atom stereocenters. The van der Waals surface area contributed by atoms with Gasteiger partial charge < -0.3 is 19.6 Å². The first-order valence-electron chi connectivity index (χ1n) is 8.39. The summed E-state index contributed by atoms with van der Waals surface area (Å²) in [6.07, 6.45) is 3.38. The number of amides is 1. The molecular weight excluding hydrogens is 362 g/mol. The summed E-state index contributed by atoms with van der Waals surface area (Å²) in [5, 5.41) is 6.12. The number of H-pyrrole nitrogens is 1. The lowest BCUT2D eigenvalue weighted by Crippen LogP contribution is -2.21. The Labute approximate surface area is 158 Å². The molecule has 3 heterocycles. The molecule has 0 spiro atoms. The Balaban J connectivity index is 1.43. The SMILES string of the molecule is Cc1cc(NC(=O)COC(=O)c2ccc3nc(-c4cccnc4)[nH]c3c2)no1. The smallest absolute Gasteiger partial charge is 0.338 e. The van der Waals surface area contributed by atoms with Crippen LogP contribution in [0.1, 0.15) is 16.1 Å². The zero-order valence-corrected chi connectivity index (χ0v) is 14.8. The lowest BCUT2D eigenvalue weighted by molar-refractivity contribution is -0.119. The molecule has 0 unspecified atom stereocenters. The van der Waals surface area contributed by atoms with Gasteiger partial charge in [-0.1, -0.05) is 5.16 Å². The van der Waals surface area contributed by atoms with E-state index in [0.717, 1.165) is 5.56 Å². The summed E-state index contributed by atoms with van der Waals surface area (Å²) in [6.45, 7) is 1.26. The number of carbonyl (C=O) groups is 2. The standard InChI is InChI=1S/C19H15N5O4/c1-11-7-16(24-28-11)23-17(25)10-27-19(26)12-4-5-14-15(8-12)22-18(21-14)13-3-2-6-20-9-13/h2-9H,10H2,1H3,(H,21,22)(H,23,24,25). The summed E-state index contributed by atoms with van der Waals surface area (Å²) in [5.41, 5.74) is 2.52. The lowest BCUT2D eigenvalue weighted by atomic mass is 10.2. The number of esters is 1. The zero-order valence-electron chi connectivity index (χ0n) is 14.8. The predicted molar refractivity (Wildman–Crippen MR) is 99.5 cm³/mol. The van der Waals surface area contributed by atoms with Gasteiger partial charge in [-0.3, -0.25) is 9.78 Å². The second-order valence-corrected chi connectivity index (χ2v) is 6.01. The molecule has 0 radical (unpaired) electrons. The van der Waals surface area contributed by atoms with Gasteiger partial charge in [0.05, 0.1) is 16.6 Å². The van der Waals surface area contributed by atoms with E-state index < -0.39 is 18.5 Å². The van der Waals surface area contributed by atoms with Crippen molar-refractivity contribution in [1.29, 1.82) is 0 Å². The molecule has 4 rings (SSSR count). The molecule has 1 aromatic carbocycles. The number of hydrogen-bond donors (Lipinski definition) is 2. The average Bonchev–Trinajstić information content (AvgIpc) is 3.32. The van der Waals surface area contributed by atoms with E-state index in [0.29, 0.717) is 28.2 Å². The number of nitrogens with one attached hydrogen (secondary N) is 2. The Morgan fingerprint density at radius 2 is 2.14 bits per heavy atom. The van der Waals surface area contributed by atoms with Crippen molar-refractivity contribution in [2.24, 2.45) is 0 Å². The topological polar surface area (TPSA) is 123 Å². The van der Waals surface area contributed by atoms with Crippen molar-refractivity contribution < 1.29 is 18.8 Å². The fourth-order valence-corrected chi connectivity index (χ4v) is 2.59. The molecule has 4 aromatic rings. The van der Waals surface area contributed by atoms with Gasteiger partial charge in [0.1, 0.15) is 11.6 Å². The van der Waals surface area contributed by atoms with Crippen LogP contribution in [-0.2, 0) is 9.53 Å². The minimum Gasteiger partial charge on any atom is -0.452 e. The number of nitrogens with zero attached hydrogens (tertiary/aromatic N) is 3. The first-order chi connectivity index (χ1) is 13.6. The fraction of sp³-hybridized carbons (Fsp3) is 0.105. The molecule has 3 aromatic heterocycles. The highest BCUT2D eigenvalue weighted by Crippen LogP contribution is 2.21. The van der Waals surface area contributed by atoms with E-state index in [1.807, 2.05) is 12.1 Å². The van der Waals surface area contributed by atoms with Gasteiger partial charge in [-0.2, -0.15) is 0 Å². The van der Waals surface area contributed by atoms with Crippen LogP contribution in [0.3, 0.4) is 0 Å². The van der Waals surface area contributed by atoms with Crippen LogP contribution in [0.2, 0.25) is 0 Å². The highest BCUT2D eigenvalue weighted by molar-refractivity contribution is 5.97. The molecule has 2 N–H and O–H groups in total. The number of anilines is 1. The number of ether oxygens (including phenoxy) is 1. The third-order valence-electron chi connectivity index (χ3n) is 3.88. The van der Waals surface area contributed by atoms with E-state index in [2.05, 4.69) is 25.4 Å². The number of aryl methyl sites for hydroxylation is 1. The van der Waals surface area contributed by atoms with Gasteiger partial charge in [-0.05, 0) is 37.3 Å². The number of aromatic nitrogens is 4. The van der Waals surface area contributed by atoms with Crippen LogP contribution in [0.4, 0.5) is 5.82 Å². The second-order valence-electron chi connectivity index (χ2n) is 6.01. The van der Waals surface area contributed by atoms with Gasteiger partial charge >= 0.3 is 5.97 Å². The number of imidazole rings is 1. The Kier molecular flexibility index (Phi) is 4.55. The van der Waals surface area contributed by atoms with Crippen LogP contribution >= 0.6 is 0 Å². The molecule has 1 amide bonds. The summed E-state index contributed by atoms with van der Waals surface area (Å²) in [4.78, 5) is 35.8. The van der Waals surface area contributed by atoms with Gasteiger partial charge in [-0.25, -0.2) is 9.78 Å². The molecule has 0 fully saturated rings. The van der Waals surface area contributed by atoms with Crippen molar-refractivity contribution >= 4 is 28.7 Å². The molecule has 28 heavy (non-hydrogen) atoms. The number of carbonyl (C=O) groups excluding carboxylic acids is 2. The van der Waals surface area contributed by atoms with Crippen molar-refractivity contribution in [2.45, 2.75) is 6.92 Å². The number of hydrogen-bond acceptors (Lipinski definition) is 7. The monoisotopic (exact) mass is 377 g/mol. The lowest BCUT2D eigenvalue weighted by Gasteiger charge is -2.04. The van der Waals surface area contributed by atoms with Crippen molar-refractivity contribution in [2.75, 3.05) is 11.9 Å². The summed E-state index contributed by atoms with van der Waals surface area (Å²) in [6, 6.07) is 10.2. The summed E-state index contributed by atoms with van der Waals surface area (Å²) < 4.78 is 9.90. The molecule has 9 heteroatoms. The quantitative estimate of drug-likeness (QED) is 0.513. The van der Waals surface area contributed by atoms with E-state index in [1.54, 1.807) is 43.6 Å². The molecule has 9 nitrogen and oxygen atoms in total. The largest absolute Gasteiger partial charge is 0.452 e. The van der Waals surface area contributed by atoms with Crippen molar-refractivity contribution in [1.82, 2.24) is 20.1 Å². The van der Waals surface area contributed by atoms with Crippen molar-refractivity contribution in [3.05, 3.63) is 60.1 Å². The second kappa shape index (κ2) is 7.31. The van der Waals surface area contributed by atoms with Gasteiger partial charge in [0, 0.05) is 24.0 Å². The number of pyridine rings is 1. The maximum absolute atomic E-state index is 12.2. The van der Waals surface area contributed by atoms with Crippen molar-refractivity contribution in [3.8, 4) is 11.4 Å². The summed E-state index contributed by atoms with van der Waals surface area (Å²) >= 11 is 0. The highest BCUT2D eigenvalue weighted by atomic mass is 16.5. The van der Waals surface area contributed by atoms with Crippen LogP contribution in [0.15, 0.2) is 53.3 Å². The maximum Gasteiger partial charge on any atom is 0.338 e. The van der Waals surface area contributed by atoms with Gasteiger partial charge in [0.25, 0.3) is 5.91 Å². The Morgan fingerprint density at radius 1 is 1.25 bits per heavy atom. The van der Waals surface area contributed by atoms with Gasteiger partial charge in [0.15, 0.2) is 12.4 Å². The molecule has 140 valence electrons. The molecular formula is C19H15N5O4. The van der Waals surface area contributed by atoms with Gasteiger partial charge in [0.2, 0.25) is 0 Å². The predicted octanol–water partition coefficient (Wildman–Crippen LogP) is 2.72. The molecule has 0 aliphatic rings. The first-order valence-corrected chi connectivity index (χ1v) is 8.39.